The van der Waals surface area contributed by atoms with E-state index in [1.165, 1.54) is 30.6 Å². The molecule has 3 heterocycles. The maximum atomic E-state index is 15.4. The molecule has 0 saturated carbocycles. The number of hydroxylamine groups is 3. The first-order valence-corrected chi connectivity index (χ1v) is 13.3. The molecule has 5 nitrogen and oxygen atoms in total. The molecular formula is C25H37F2N2O3S+. The Hall–Kier alpha value is -1.48. The van der Waals surface area contributed by atoms with Crippen molar-refractivity contribution in [3.63, 3.8) is 0 Å². The van der Waals surface area contributed by atoms with Gasteiger partial charge in [-0.1, -0.05) is 6.42 Å². The van der Waals surface area contributed by atoms with Crippen molar-refractivity contribution in [1.82, 2.24) is 4.90 Å². The zero-order chi connectivity index (χ0) is 23.3. The first-order chi connectivity index (χ1) is 16.0. The SMILES string of the molecule is Cc1cc2c(F)c(OCCCN3CCCCC3)c(OCCC[N+]3(O)CCCCC3)c(F)c2s1. The van der Waals surface area contributed by atoms with E-state index in [4.69, 9.17) is 9.47 Å². The van der Waals surface area contributed by atoms with Crippen molar-refractivity contribution in [2.24, 2.45) is 0 Å². The maximum Gasteiger partial charge on any atom is 0.201 e. The highest BCUT2D eigenvalue weighted by Crippen LogP contribution is 2.43. The molecule has 33 heavy (non-hydrogen) atoms. The first-order valence-electron chi connectivity index (χ1n) is 12.4. The number of fused-ring (bicyclic) bond motifs is 1. The Morgan fingerprint density at radius 2 is 1.58 bits per heavy atom. The molecular weight excluding hydrogens is 446 g/mol. The number of hydrogen-bond acceptors (Lipinski definition) is 5. The number of piperidine rings is 2. The Bertz CT molecular complexity index is 924. The highest BCUT2D eigenvalue weighted by Gasteiger charge is 2.29. The van der Waals surface area contributed by atoms with E-state index in [2.05, 4.69) is 4.90 Å². The topological polar surface area (TPSA) is 41.9 Å². The third-order valence-corrected chi connectivity index (χ3v) is 7.87. The standard InChI is InChI=1S/C25H37F2N2O3S/c1-19-18-20-21(26)23(31-16-8-12-28-10-4-2-5-11-28)24(22(27)25(20)33-19)32-17-9-15-29(30)13-6-3-7-14-29/h18,30H,2-17H2,1H3/q+1. The molecule has 0 atom stereocenters. The molecule has 0 bridgehead atoms. The summed E-state index contributed by atoms with van der Waals surface area (Å²) >= 11 is 1.22. The molecule has 0 radical (unpaired) electrons. The number of hydrogen-bond donors (Lipinski definition) is 1. The summed E-state index contributed by atoms with van der Waals surface area (Å²) in [5, 5.41) is 10.9. The van der Waals surface area contributed by atoms with Gasteiger partial charge in [-0.15, -0.1) is 11.3 Å². The van der Waals surface area contributed by atoms with Crippen LogP contribution in [0.1, 0.15) is 56.2 Å². The lowest BCUT2D eigenvalue weighted by molar-refractivity contribution is -1.10. The predicted molar refractivity (Wildman–Crippen MR) is 127 cm³/mol. The monoisotopic (exact) mass is 483 g/mol. The van der Waals surface area contributed by atoms with Gasteiger partial charge in [0, 0.05) is 23.2 Å². The summed E-state index contributed by atoms with van der Waals surface area (Å²) < 4.78 is 42.6. The fourth-order valence-corrected chi connectivity index (χ4v) is 5.97. The summed E-state index contributed by atoms with van der Waals surface area (Å²) in [6.45, 7) is 7.50. The zero-order valence-electron chi connectivity index (χ0n) is 19.7. The van der Waals surface area contributed by atoms with Crippen LogP contribution >= 0.6 is 11.3 Å². The summed E-state index contributed by atoms with van der Waals surface area (Å²) in [5.41, 5.74) is 0. The minimum atomic E-state index is -0.554. The van der Waals surface area contributed by atoms with Crippen LogP contribution in [0.3, 0.4) is 0 Å². The Morgan fingerprint density at radius 3 is 2.30 bits per heavy atom. The fraction of sp³-hybridized carbons (Fsp3) is 0.680. The van der Waals surface area contributed by atoms with Gasteiger partial charge in [0.25, 0.3) is 0 Å². The van der Waals surface area contributed by atoms with Crippen LogP contribution in [-0.4, -0.2) is 67.2 Å². The normalized spacial score (nSPS) is 19.2. The van der Waals surface area contributed by atoms with E-state index < -0.39 is 11.6 Å². The molecule has 1 N–H and O–H groups in total. The highest BCUT2D eigenvalue weighted by atomic mass is 32.1. The average molecular weight is 484 g/mol. The van der Waals surface area contributed by atoms with Crippen molar-refractivity contribution < 1.29 is 28.1 Å². The number of quaternary nitrogens is 1. The van der Waals surface area contributed by atoms with Crippen LogP contribution in [0, 0.1) is 18.6 Å². The van der Waals surface area contributed by atoms with Crippen LogP contribution in [0.2, 0.25) is 0 Å². The van der Waals surface area contributed by atoms with Gasteiger partial charge in [0.1, 0.15) is 19.6 Å². The first kappa shape index (κ1) is 24.6. The minimum absolute atomic E-state index is 0.0449. The molecule has 2 aliphatic rings. The van der Waals surface area contributed by atoms with Crippen molar-refractivity contribution in [2.75, 3.05) is 52.5 Å². The molecule has 2 aliphatic heterocycles. The summed E-state index contributed by atoms with van der Waals surface area (Å²) in [6.07, 6.45) is 8.23. The van der Waals surface area contributed by atoms with E-state index in [1.807, 2.05) is 6.92 Å². The lowest BCUT2D eigenvalue weighted by Gasteiger charge is -2.33. The van der Waals surface area contributed by atoms with Crippen molar-refractivity contribution in [3.8, 4) is 11.5 Å². The molecule has 0 spiro atoms. The highest BCUT2D eigenvalue weighted by molar-refractivity contribution is 7.19. The van der Waals surface area contributed by atoms with Crippen LogP contribution in [0.5, 0.6) is 11.5 Å². The van der Waals surface area contributed by atoms with Gasteiger partial charge in [-0.3, -0.25) is 0 Å². The molecule has 0 amide bonds. The second-order valence-electron chi connectivity index (χ2n) is 9.52. The largest absolute Gasteiger partial charge is 0.487 e. The van der Waals surface area contributed by atoms with E-state index in [-0.39, 0.29) is 32.8 Å². The van der Waals surface area contributed by atoms with Gasteiger partial charge in [-0.25, -0.2) is 14.0 Å². The van der Waals surface area contributed by atoms with Crippen molar-refractivity contribution in [2.45, 2.75) is 58.3 Å². The smallest absolute Gasteiger partial charge is 0.201 e. The van der Waals surface area contributed by atoms with Gasteiger partial charge in [0.2, 0.25) is 11.5 Å². The second-order valence-corrected chi connectivity index (χ2v) is 10.8. The summed E-state index contributed by atoms with van der Waals surface area (Å²) in [6, 6.07) is 1.67. The van der Waals surface area contributed by atoms with Crippen molar-refractivity contribution in [3.05, 3.63) is 22.6 Å². The van der Waals surface area contributed by atoms with Crippen LogP contribution < -0.4 is 9.47 Å². The molecule has 1 aromatic heterocycles. The number of ether oxygens (including phenoxy) is 2. The van der Waals surface area contributed by atoms with Crippen LogP contribution in [0.4, 0.5) is 8.78 Å². The van der Waals surface area contributed by atoms with E-state index in [0.717, 1.165) is 63.3 Å². The summed E-state index contributed by atoms with van der Waals surface area (Å²) in [7, 11) is 0. The Morgan fingerprint density at radius 1 is 0.939 bits per heavy atom. The van der Waals surface area contributed by atoms with Gasteiger partial charge < -0.3 is 14.4 Å². The average Bonchev–Trinajstić information content (AvgIpc) is 3.22. The number of rotatable bonds is 10. The molecule has 1 aromatic carbocycles. The van der Waals surface area contributed by atoms with E-state index in [0.29, 0.717) is 19.6 Å². The van der Waals surface area contributed by atoms with Crippen LogP contribution in [0.15, 0.2) is 6.07 Å². The van der Waals surface area contributed by atoms with Crippen LogP contribution in [0.25, 0.3) is 10.1 Å². The Balaban J connectivity index is 1.42. The number of likely N-dealkylation sites (tertiary alicyclic amines) is 2. The fourth-order valence-electron chi connectivity index (χ4n) is 5.03. The van der Waals surface area contributed by atoms with Crippen molar-refractivity contribution in [1.29, 1.82) is 0 Å². The van der Waals surface area contributed by atoms with E-state index >= 15 is 8.78 Å². The number of nitrogens with zero attached hydrogens (tertiary/aromatic N) is 2. The lowest BCUT2D eigenvalue weighted by atomic mass is 10.1. The van der Waals surface area contributed by atoms with Crippen molar-refractivity contribution >= 4 is 21.4 Å². The molecule has 184 valence electrons. The van der Waals surface area contributed by atoms with Gasteiger partial charge >= 0.3 is 0 Å². The number of thiophene rings is 1. The molecule has 4 rings (SSSR count). The summed E-state index contributed by atoms with van der Waals surface area (Å²) in [4.78, 5) is 3.24. The lowest BCUT2D eigenvalue weighted by Crippen LogP contribution is -2.49. The maximum absolute atomic E-state index is 15.4. The molecule has 2 aromatic rings. The molecule has 8 heteroatoms. The Labute approximate surface area is 199 Å². The minimum Gasteiger partial charge on any atom is -0.487 e. The van der Waals surface area contributed by atoms with Crippen LogP contribution in [-0.2, 0) is 0 Å². The van der Waals surface area contributed by atoms with Gasteiger partial charge in [0.15, 0.2) is 11.6 Å². The quantitative estimate of drug-likeness (QED) is 0.337. The summed E-state index contributed by atoms with van der Waals surface area (Å²) in [5.74, 6) is -1.36. The molecule has 0 aliphatic carbocycles. The number of aryl methyl sites for hydroxylation is 1. The number of halogens is 2. The van der Waals surface area contributed by atoms with Gasteiger partial charge in [-0.2, -0.15) is 4.65 Å². The predicted octanol–water partition coefficient (Wildman–Crippen LogP) is 5.90. The molecule has 2 saturated heterocycles. The number of benzene rings is 1. The molecule has 0 unspecified atom stereocenters. The second kappa shape index (κ2) is 11.3. The Kier molecular flexibility index (Phi) is 8.43. The van der Waals surface area contributed by atoms with Gasteiger partial charge in [-0.05, 0) is 64.6 Å². The van der Waals surface area contributed by atoms with E-state index in [9.17, 15) is 5.21 Å². The van der Waals surface area contributed by atoms with Gasteiger partial charge in [0.05, 0.1) is 17.9 Å². The zero-order valence-corrected chi connectivity index (χ0v) is 20.5. The molecule has 2 fully saturated rings. The van der Waals surface area contributed by atoms with E-state index in [1.54, 1.807) is 6.07 Å². The third kappa shape index (κ3) is 6.15. The third-order valence-electron chi connectivity index (χ3n) is 6.82.